The first-order valence-corrected chi connectivity index (χ1v) is 8.80. The van der Waals surface area contributed by atoms with Crippen molar-refractivity contribution in [1.82, 2.24) is 0 Å². The van der Waals surface area contributed by atoms with Gasteiger partial charge < -0.3 is 10.1 Å². The number of anilines is 1. The molecule has 3 nitrogen and oxygen atoms in total. The monoisotopic (exact) mass is 375 g/mol. The van der Waals surface area contributed by atoms with Gasteiger partial charge in [-0.2, -0.15) is 0 Å². The second kappa shape index (κ2) is 7.68. The maximum Gasteiger partial charge on any atom is 0.265 e. The number of halogens is 2. The molecule has 0 bridgehead atoms. The zero-order valence-corrected chi connectivity index (χ0v) is 15.0. The zero-order valence-electron chi connectivity index (χ0n) is 13.4. The van der Waals surface area contributed by atoms with E-state index in [0.29, 0.717) is 21.3 Å². The van der Waals surface area contributed by atoms with E-state index < -0.39 is 0 Å². The van der Waals surface area contributed by atoms with Crippen LogP contribution in [0.15, 0.2) is 53.9 Å². The molecule has 0 radical (unpaired) electrons. The Labute approximate surface area is 154 Å². The molecule has 0 fully saturated rings. The van der Waals surface area contributed by atoms with Crippen LogP contribution < -0.4 is 10.1 Å². The second-order valence-corrected chi connectivity index (χ2v) is 6.83. The number of hydrogen-bond donors (Lipinski definition) is 1. The SMILES string of the molecule is Cc1ccc(Cl)cc1NC(=O)c1cc(COc2cccc(F)c2)cs1. The molecule has 0 aliphatic heterocycles. The highest BCUT2D eigenvalue weighted by atomic mass is 35.5. The predicted molar refractivity (Wildman–Crippen MR) is 99.2 cm³/mol. The Balaban J connectivity index is 1.64. The van der Waals surface area contributed by atoms with Crippen molar-refractivity contribution in [2.75, 3.05) is 5.32 Å². The normalized spacial score (nSPS) is 10.5. The summed E-state index contributed by atoms with van der Waals surface area (Å²) in [6.45, 7) is 2.17. The van der Waals surface area contributed by atoms with Gasteiger partial charge >= 0.3 is 0 Å². The molecule has 0 saturated heterocycles. The fourth-order valence-electron chi connectivity index (χ4n) is 2.21. The third-order valence-corrected chi connectivity index (χ3v) is 4.74. The summed E-state index contributed by atoms with van der Waals surface area (Å²) in [5.41, 5.74) is 2.47. The van der Waals surface area contributed by atoms with Gasteiger partial charge in [-0.3, -0.25) is 4.79 Å². The molecule has 0 saturated carbocycles. The van der Waals surface area contributed by atoms with Gasteiger partial charge in [-0.15, -0.1) is 11.3 Å². The quantitative estimate of drug-likeness (QED) is 0.623. The first-order chi connectivity index (χ1) is 12.0. The summed E-state index contributed by atoms with van der Waals surface area (Å²) in [6, 6.07) is 13.1. The van der Waals surface area contributed by atoms with Crippen molar-refractivity contribution in [3.63, 3.8) is 0 Å². The van der Waals surface area contributed by atoms with Gasteiger partial charge in [-0.1, -0.05) is 23.7 Å². The molecule has 0 atom stereocenters. The number of amides is 1. The van der Waals surface area contributed by atoms with Gasteiger partial charge in [-0.25, -0.2) is 4.39 Å². The van der Waals surface area contributed by atoms with Crippen LogP contribution in [0.25, 0.3) is 0 Å². The smallest absolute Gasteiger partial charge is 0.265 e. The second-order valence-electron chi connectivity index (χ2n) is 5.48. The minimum atomic E-state index is -0.347. The van der Waals surface area contributed by atoms with E-state index in [0.717, 1.165) is 11.1 Å². The molecule has 3 aromatic rings. The standard InChI is InChI=1S/C19H15ClFNO2S/c1-12-5-6-14(20)8-17(12)22-19(23)18-7-13(11-25-18)10-24-16-4-2-3-15(21)9-16/h2-9,11H,10H2,1H3,(H,22,23). The van der Waals surface area contributed by atoms with Crippen LogP contribution in [0.4, 0.5) is 10.1 Å². The fraction of sp³-hybridized carbons (Fsp3) is 0.105. The van der Waals surface area contributed by atoms with Crippen molar-refractivity contribution in [3.8, 4) is 5.75 Å². The Hall–Kier alpha value is -2.37. The number of carbonyl (C=O) groups is 1. The van der Waals surface area contributed by atoms with Crippen LogP contribution in [-0.4, -0.2) is 5.91 Å². The molecule has 0 unspecified atom stereocenters. The van der Waals surface area contributed by atoms with Gasteiger partial charge in [-0.05, 0) is 48.2 Å². The summed E-state index contributed by atoms with van der Waals surface area (Å²) < 4.78 is 18.7. The van der Waals surface area contributed by atoms with E-state index in [4.69, 9.17) is 16.3 Å². The lowest BCUT2D eigenvalue weighted by atomic mass is 10.2. The maximum atomic E-state index is 13.1. The summed E-state index contributed by atoms with van der Waals surface area (Å²) in [6.07, 6.45) is 0. The molecule has 0 aliphatic rings. The number of ether oxygens (including phenoxy) is 1. The Kier molecular flexibility index (Phi) is 5.36. The van der Waals surface area contributed by atoms with E-state index in [2.05, 4.69) is 5.32 Å². The van der Waals surface area contributed by atoms with Crippen LogP contribution in [0.2, 0.25) is 5.02 Å². The Bertz CT molecular complexity index is 910. The lowest BCUT2D eigenvalue weighted by Gasteiger charge is -2.07. The summed E-state index contributed by atoms with van der Waals surface area (Å²) in [5.74, 6) is -0.0982. The molecular weight excluding hydrogens is 361 g/mol. The van der Waals surface area contributed by atoms with Crippen LogP contribution in [0.1, 0.15) is 20.8 Å². The van der Waals surface area contributed by atoms with E-state index >= 15 is 0 Å². The highest BCUT2D eigenvalue weighted by molar-refractivity contribution is 7.12. The Morgan fingerprint density at radius 1 is 1.24 bits per heavy atom. The van der Waals surface area contributed by atoms with E-state index in [1.807, 2.05) is 18.4 Å². The third kappa shape index (κ3) is 4.59. The molecule has 25 heavy (non-hydrogen) atoms. The van der Waals surface area contributed by atoms with Crippen molar-refractivity contribution in [2.24, 2.45) is 0 Å². The summed E-state index contributed by atoms with van der Waals surface area (Å²) in [7, 11) is 0. The van der Waals surface area contributed by atoms with Crippen LogP contribution >= 0.6 is 22.9 Å². The number of aryl methyl sites for hydroxylation is 1. The van der Waals surface area contributed by atoms with Gasteiger partial charge in [0.2, 0.25) is 0 Å². The van der Waals surface area contributed by atoms with Gasteiger partial charge in [0.25, 0.3) is 5.91 Å². The topological polar surface area (TPSA) is 38.3 Å². The number of hydrogen-bond acceptors (Lipinski definition) is 3. The van der Waals surface area contributed by atoms with Crippen molar-refractivity contribution in [3.05, 3.63) is 80.8 Å². The molecule has 0 spiro atoms. The van der Waals surface area contributed by atoms with E-state index in [1.54, 1.807) is 30.3 Å². The molecule has 3 rings (SSSR count). The number of rotatable bonds is 5. The summed E-state index contributed by atoms with van der Waals surface area (Å²) in [5, 5.41) is 5.27. The number of benzene rings is 2. The first-order valence-electron chi connectivity index (χ1n) is 7.54. The highest BCUT2D eigenvalue weighted by Crippen LogP contribution is 2.23. The number of nitrogens with one attached hydrogen (secondary N) is 1. The number of carbonyl (C=O) groups excluding carboxylic acids is 1. The molecular formula is C19H15ClFNO2S. The van der Waals surface area contributed by atoms with Gasteiger partial charge in [0, 0.05) is 22.3 Å². The molecule has 0 aliphatic carbocycles. The van der Waals surface area contributed by atoms with Crippen LogP contribution in [0.3, 0.4) is 0 Å². The molecule has 1 N–H and O–H groups in total. The van der Waals surface area contributed by atoms with Crippen molar-refractivity contribution >= 4 is 34.5 Å². The highest BCUT2D eigenvalue weighted by Gasteiger charge is 2.11. The number of thiophene rings is 1. The lowest BCUT2D eigenvalue weighted by molar-refractivity contribution is 0.103. The minimum absolute atomic E-state index is 0.202. The Morgan fingerprint density at radius 2 is 2.08 bits per heavy atom. The van der Waals surface area contributed by atoms with E-state index in [1.165, 1.54) is 23.5 Å². The third-order valence-electron chi connectivity index (χ3n) is 3.53. The molecule has 6 heteroatoms. The van der Waals surface area contributed by atoms with Crippen molar-refractivity contribution in [1.29, 1.82) is 0 Å². The van der Waals surface area contributed by atoms with Crippen LogP contribution in [0.5, 0.6) is 5.75 Å². The minimum Gasteiger partial charge on any atom is -0.489 e. The molecule has 1 heterocycles. The molecule has 1 aromatic heterocycles. The van der Waals surface area contributed by atoms with Crippen LogP contribution in [0, 0.1) is 12.7 Å². The van der Waals surface area contributed by atoms with Crippen molar-refractivity contribution < 1.29 is 13.9 Å². The lowest BCUT2D eigenvalue weighted by Crippen LogP contribution is -2.11. The molecule has 128 valence electrons. The zero-order chi connectivity index (χ0) is 17.8. The fourth-order valence-corrected chi connectivity index (χ4v) is 3.17. The predicted octanol–water partition coefficient (Wildman–Crippen LogP) is 5.68. The van der Waals surface area contributed by atoms with Crippen LogP contribution in [-0.2, 0) is 6.61 Å². The van der Waals surface area contributed by atoms with Crippen molar-refractivity contribution in [2.45, 2.75) is 13.5 Å². The largest absolute Gasteiger partial charge is 0.489 e. The van der Waals surface area contributed by atoms with E-state index in [-0.39, 0.29) is 18.3 Å². The van der Waals surface area contributed by atoms with Gasteiger partial charge in [0.05, 0.1) is 4.88 Å². The first kappa shape index (κ1) is 17.5. The van der Waals surface area contributed by atoms with Gasteiger partial charge in [0.15, 0.2) is 0 Å². The average Bonchev–Trinajstić information content (AvgIpc) is 3.05. The summed E-state index contributed by atoms with van der Waals surface area (Å²) >= 11 is 7.30. The maximum absolute atomic E-state index is 13.1. The molecule has 1 amide bonds. The van der Waals surface area contributed by atoms with Gasteiger partial charge in [0.1, 0.15) is 18.2 Å². The Morgan fingerprint density at radius 3 is 2.88 bits per heavy atom. The molecule has 2 aromatic carbocycles. The average molecular weight is 376 g/mol. The van der Waals surface area contributed by atoms with E-state index in [9.17, 15) is 9.18 Å². The summed E-state index contributed by atoms with van der Waals surface area (Å²) in [4.78, 5) is 12.9.